The monoisotopic (exact) mass is 262 g/mol. The summed E-state index contributed by atoms with van der Waals surface area (Å²) in [5.74, 6) is -0.282. The Bertz CT molecular complexity index is 531. The van der Waals surface area contributed by atoms with E-state index in [0.29, 0.717) is 13.0 Å². The Kier molecular flexibility index (Phi) is 3.35. The third-order valence-electron chi connectivity index (χ3n) is 3.22. The van der Waals surface area contributed by atoms with Gasteiger partial charge in [-0.15, -0.1) is 0 Å². The van der Waals surface area contributed by atoms with Gasteiger partial charge in [-0.25, -0.2) is 9.18 Å². The minimum Gasteiger partial charge on any atom is -0.312 e. The highest BCUT2D eigenvalue weighted by atomic mass is 19.1. The van der Waals surface area contributed by atoms with Gasteiger partial charge in [0.25, 0.3) is 0 Å². The van der Waals surface area contributed by atoms with Crippen molar-refractivity contribution in [3.63, 3.8) is 0 Å². The molecule has 0 bridgehead atoms. The van der Waals surface area contributed by atoms with Crippen molar-refractivity contribution in [2.45, 2.75) is 32.6 Å². The van der Waals surface area contributed by atoms with E-state index in [0.717, 1.165) is 16.9 Å². The van der Waals surface area contributed by atoms with E-state index in [9.17, 15) is 9.18 Å². The minimum atomic E-state index is -0.282. The van der Waals surface area contributed by atoms with E-state index in [2.05, 4.69) is 11.9 Å². The molecule has 0 unspecified atom stereocenters. The second-order valence-corrected chi connectivity index (χ2v) is 5.85. The van der Waals surface area contributed by atoms with Crippen LogP contribution in [0.4, 0.5) is 14.9 Å². The molecule has 3 nitrogen and oxygen atoms in total. The number of carbonyl (C=O) groups excluding carboxylic acids is 1. The maximum atomic E-state index is 13.5. The minimum absolute atomic E-state index is 0.201. The van der Waals surface area contributed by atoms with Gasteiger partial charge in [-0.3, -0.25) is 4.90 Å². The van der Waals surface area contributed by atoms with Gasteiger partial charge < -0.3 is 5.32 Å². The first-order valence-electron chi connectivity index (χ1n) is 6.35. The Morgan fingerprint density at radius 3 is 2.63 bits per heavy atom. The molecule has 4 heteroatoms. The average molecular weight is 262 g/mol. The maximum absolute atomic E-state index is 13.5. The summed E-state index contributed by atoms with van der Waals surface area (Å²) in [5, 5.41) is 2.72. The maximum Gasteiger partial charge on any atom is 0.326 e. The van der Waals surface area contributed by atoms with Gasteiger partial charge in [0, 0.05) is 24.4 Å². The first kappa shape index (κ1) is 13.6. The Morgan fingerprint density at radius 1 is 1.37 bits per heavy atom. The first-order chi connectivity index (χ1) is 8.79. The number of nitrogens with one attached hydrogen (secondary N) is 1. The standard InChI is InChI=1S/C15H19FN2O/c1-10-7-8-18(14(19)17-10)13-6-5-11(16)9-12(13)15(2,3)4/h5-6,9H,1,7-8H2,2-4H3,(H,17,19). The summed E-state index contributed by atoms with van der Waals surface area (Å²) in [5.41, 5.74) is 2.08. The SMILES string of the molecule is C=C1CCN(c2ccc(F)cc2C(C)(C)C)C(=O)N1. The van der Waals surface area contributed by atoms with Gasteiger partial charge in [0.15, 0.2) is 0 Å². The van der Waals surface area contributed by atoms with Gasteiger partial charge in [-0.2, -0.15) is 0 Å². The van der Waals surface area contributed by atoms with E-state index in [-0.39, 0.29) is 17.3 Å². The van der Waals surface area contributed by atoms with Crippen LogP contribution < -0.4 is 10.2 Å². The van der Waals surface area contributed by atoms with E-state index in [1.807, 2.05) is 20.8 Å². The molecule has 1 aromatic rings. The van der Waals surface area contributed by atoms with Crippen LogP contribution in [-0.4, -0.2) is 12.6 Å². The van der Waals surface area contributed by atoms with Crippen LogP contribution in [0, 0.1) is 5.82 Å². The number of halogens is 1. The van der Waals surface area contributed by atoms with Gasteiger partial charge in [-0.1, -0.05) is 27.4 Å². The first-order valence-corrected chi connectivity index (χ1v) is 6.35. The number of hydrogen-bond donors (Lipinski definition) is 1. The van der Waals surface area contributed by atoms with Crippen molar-refractivity contribution in [2.24, 2.45) is 0 Å². The molecule has 0 radical (unpaired) electrons. The number of carbonyl (C=O) groups is 1. The predicted molar refractivity (Wildman–Crippen MR) is 74.7 cm³/mol. The zero-order valence-corrected chi connectivity index (χ0v) is 11.6. The summed E-state index contributed by atoms with van der Waals surface area (Å²) in [4.78, 5) is 13.7. The van der Waals surface area contributed by atoms with Crippen LogP contribution in [0.2, 0.25) is 0 Å². The second kappa shape index (κ2) is 4.68. The molecule has 2 rings (SSSR count). The largest absolute Gasteiger partial charge is 0.326 e. The lowest BCUT2D eigenvalue weighted by Gasteiger charge is -2.33. The zero-order chi connectivity index (χ0) is 14.2. The molecule has 0 aliphatic carbocycles. The molecule has 1 heterocycles. The Labute approximate surface area is 113 Å². The van der Waals surface area contributed by atoms with Crippen molar-refractivity contribution in [2.75, 3.05) is 11.4 Å². The molecule has 1 fully saturated rings. The molecule has 102 valence electrons. The lowest BCUT2D eigenvalue weighted by molar-refractivity contribution is 0.246. The molecule has 0 atom stereocenters. The normalized spacial score (nSPS) is 16.5. The second-order valence-electron chi connectivity index (χ2n) is 5.85. The third-order valence-corrected chi connectivity index (χ3v) is 3.22. The van der Waals surface area contributed by atoms with Crippen LogP contribution in [0.25, 0.3) is 0 Å². The lowest BCUT2D eigenvalue weighted by Crippen LogP contribution is -2.46. The highest BCUT2D eigenvalue weighted by molar-refractivity contribution is 5.95. The molecule has 2 amide bonds. The van der Waals surface area contributed by atoms with Crippen LogP contribution in [0.3, 0.4) is 0 Å². The van der Waals surface area contributed by atoms with Crippen molar-refractivity contribution in [1.82, 2.24) is 5.32 Å². The fourth-order valence-corrected chi connectivity index (χ4v) is 2.20. The van der Waals surface area contributed by atoms with E-state index in [1.165, 1.54) is 12.1 Å². The molecule has 1 aromatic carbocycles. The molecule has 1 aliphatic rings. The smallest absolute Gasteiger partial charge is 0.312 e. The molecule has 1 saturated heterocycles. The van der Waals surface area contributed by atoms with Crippen molar-refractivity contribution in [3.05, 3.63) is 41.9 Å². The topological polar surface area (TPSA) is 32.3 Å². The summed E-state index contributed by atoms with van der Waals surface area (Å²) in [6.07, 6.45) is 0.701. The summed E-state index contributed by atoms with van der Waals surface area (Å²) >= 11 is 0. The Hall–Kier alpha value is -1.84. The summed E-state index contributed by atoms with van der Waals surface area (Å²) < 4.78 is 13.5. The van der Waals surface area contributed by atoms with Crippen LogP contribution in [-0.2, 0) is 5.41 Å². The summed E-state index contributed by atoms with van der Waals surface area (Å²) in [7, 11) is 0. The molecule has 1 N–H and O–H groups in total. The van der Waals surface area contributed by atoms with Crippen molar-refractivity contribution in [1.29, 1.82) is 0 Å². The van der Waals surface area contributed by atoms with Crippen molar-refractivity contribution in [3.8, 4) is 0 Å². The van der Waals surface area contributed by atoms with Crippen molar-refractivity contribution < 1.29 is 9.18 Å². The summed E-state index contributed by atoms with van der Waals surface area (Å²) in [6.45, 7) is 10.3. The van der Waals surface area contributed by atoms with Crippen LogP contribution in [0.15, 0.2) is 30.5 Å². The van der Waals surface area contributed by atoms with E-state index >= 15 is 0 Å². The molecular weight excluding hydrogens is 243 g/mol. The average Bonchev–Trinajstić information content (AvgIpc) is 2.28. The number of urea groups is 1. The molecule has 0 saturated carbocycles. The highest BCUT2D eigenvalue weighted by Gasteiger charge is 2.27. The third kappa shape index (κ3) is 2.78. The number of rotatable bonds is 1. The van der Waals surface area contributed by atoms with Gasteiger partial charge in [0.1, 0.15) is 5.82 Å². The molecule has 0 spiro atoms. The predicted octanol–water partition coefficient (Wildman–Crippen LogP) is 3.56. The van der Waals surface area contributed by atoms with Crippen LogP contribution >= 0.6 is 0 Å². The van der Waals surface area contributed by atoms with Gasteiger partial charge in [-0.05, 0) is 29.2 Å². The number of nitrogens with zero attached hydrogens (tertiary/aromatic N) is 1. The molecule has 0 aromatic heterocycles. The van der Waals surface area contributed by atoms with Crippen molar-refractivity contribution >= 4 is 11.7 Å². The van der Waals surface area contributed by atoms with E-state index < -0.39 is 0 Å². The van der Waals surface area contributed by atoms with Gasteiger partial charge in [0.2, 0.25) is 0 Å². The number of hydrogen-bond acceptors (Lipinski definition) is 1. The number of benzene rings is 1. The molecule has 1 aliphatic heterocycles. The van der Waals surface area contributed by atoms with E-state index in [1.54, 1.807) is 11.0 Å². The zero-order valence-electron chi connectivity index (χ0n) is 11.6. The van der Waals surface area contributed by atoms with Gasteiger partial charge >= 0.3 is 6.03 Å². The Balaban J connectivity index is 2.45. The fourth-order valence-electron chi connectivity index (χ4n) is 2.20. The Morgan fingerprint density at radius 2 is 2.05 bits per heavy atom. The van der Waals surface area contributed by atoms with Crippen LogP contribution in [0.1, 0.15) is 32.8 Å². The quantitative estimate of drug-likeness (QED) is 0.824. The number of anilines is 1. The number of amides is 2. The summed E-state index contributed by atoms with van der Waals surface area (Å²) in [6, 6.07) is 4.37. The molecular formula is C15H19FN2O. The van der Waals surface area contributed by atoms with Gasteiger partial charge in [0.05, 0.1) is 0 Å². The highest BCUT2D eigenvalue weighted by Crippen LogP contribution is 2.33. The fraction of sp³-hybridized carbons (Fsp3) is 0.400. The van der Waals surface area contributed by atoms with E-state index in [4.69, 9.17) is 0 Å². The molecule has 19 heavy (non-hydrogen) atoms. The lowest BCUT2D eigenvalue weighted by atomic mass is 9.85. The van der Waals surface area contributed by atoms with Crippen LogP contribution in [0.5, 0.6) is 0 Å².